The van der Waals surface area contributed by atoms with Crippen molar-refractivity contribution in [2.45, 2.75) is 31.9 Å². The van der Waals surface area contributed by atoms with Gasteiger partial charge in [0, 0.05) is 17.3 Å². The molecule has 1 saturated heterocycles. The molecule has 0 spiro atoms. The van der Waals surface area contributed by atoms with Crippen LogP contribution >= 0.6 is 11.6 Å². The lowest BCUT2D eigenvalue weighted by molar-refractivity contribution is 0.0900. The maximum Gasteiger partial charge on any atom is 0.197 e. The number of aliphatic hydroxyl groups excluding tert-OH is 1. The van der Waals surface area contributed by atoms with Crippen LogP contribution in [-0.4, -0.2) is 40.3 Å². The van der Waals surface area contributed by atoms with Gasteiger partial charge in [0.15, 0.2) is 5.43 Å². The van der Waals surface area contributed by atoms with Crippen molar-refractivity contribution in [2.75, 3.05) is 19.6 Å². The Balaban J connectivity index is 1.79. The number of hydrogen-bond acceptors (Lipinski definition) is 3. The van der Waals surface area contributed by atoms with Gasteiger partial charge in [-0.15, -0.1) is 0 Å². The lowest BCUT2D eigenvalue weighted by atomic mass is 10.1. The van der Waals surface area contributed by atoms with Crippen LogP contribution in [0.15, 0.2) is 47.3 Å². The van der Waals surface area contributed by atoms with E-state index in [1.807, 2.05) is 34.9 Å². The normalized spacial score (nSPS) is 17.0. The van der Waals surface area contributed by atoms with E-state index in [-0.39, 0.29) is 5.43 Å². The summed E-state index contributed by atoms with van der Waals surface area (Å²) in [5.74, 6) is 0. The molecule has 0 bridgehead atoms. The number of para-hydroxylation sites is 2. The molecule has 0 radical (unpaired) electrons. The predicted molar refractivity (Wildman–Crippen MR) is 107 cm³/mol. The second-order valence-corrected chi connectivity index (χ2v) is 7.52. The molecule has 2 aromatic carbocycles. The fourth-order valence-electron chi connectivity index (χ4n) is 4.04. The lowest BCUT2D eigenvalue weighted by Gasteiger charge is -2.29. The second kappa shape index (κ2) is 7.39. The first-order chi connectivity index (χ1) is 12.6. The Morgan fingerprint density at radius 3 is 2.50 bits per heavy atom. The third-order valence-electron chi connectivity index (χ3n) is 5.25. The van der Waals surface area contributed by atoms with E-state index in [9.17, 15) is 9.90 Å². The van der Waals surface area contributed by atoms with Crippen LogP contribution < -0.4 is 5.43 Å². The van der Waals surface area contributed by atoms with Crippen LogP contribution in [0.2, 0.25) is 5.02 Å². The van der Waals surface area contributed by atoms with Crippen LogP contribution in [0, 0.1) is 0 Å². The number of aromatic nitrogens is 1. The minimum absolute atomic E-state index is 0.0140. The lowest BCUT2D eigenvalue weighted by Crippen LogP contribution is -2.38. The number of likely N-dealkylation sites (tertiary alicyclic amines) is 1. The number of piperidine rings is 1. The molecule has 1 unspecified atom stereocenters. The van der Waals surface area contributed by atoms with Gasteiger partial charge in [-0.05, 0) is 50.2 Å². The maximum absolute atomic E-state index is 12.9. The number of benzene rings is 2. The molecule has 4 rings (SSSR count). The molecule has 4 nitrogen and oxygen atoms in total. The largest absolute Gasteiger partial charge is 0.390 e. The van der Waals surface area contributed by atoms with Crippen molar-refractivity contribution >= 4 is 33.4 Å². The quantitative estimate of drug-likeness (QED) is 0.713. The molecular formula is C21H23ClN2O2. The zero-order valence-electron chi connectivity index (χ0n) is 14.7. The molecule has 5 heteroatoms. The molecule has 1 aromatic heterocycles. The van der Waals surface area contributed by atoms with Crippen molar-refractivity contribution in [3.05, 3.63) is 57.7 Å². The summed E-state index contributed by atoms with van der Waals surface area (Å²) in [6.07, 6.45) is 3.15. The van der Waals surface area contributed by atoms with Crippen molar-refractivity contribution < 1.29 is 5.11 Å². The molecule has 1 aliphatic heterocycles. The number of nitrogens with zero attached hydrogens (tertiary/aromatic N) is 2. The van der Waals surface area contributed by atoms with E-state index in [0.717, 1.165) is 18.6 Å². The summed E-state index contributed by atoms with van der Waals surface area (Å²) in [4.78, 5) is 15.2. The summed E-state index contributed by atoms with van der Waals surface area (Å²) < 4.78 is 2.00. The van der Waals surface area contributed by atoms with Gasteiger partial charge in [-0.2, -0.15) is 0 Å². The van der Waals surface area contributed by atoms with Gasteiger partial charge in [-0.3, -0.25) is 4.79 Å². The number of halogens is 1. The molecule has 1 aliphatic rings. The van der Waals surface area contributed by atoms with E-state index >= 15 is 0 Å². The summed E-state index contributed by atoms with van der Waals surface area (Å²) in [6, 6.07) is 13.0. The molecule has 1 fully saturated rings. The van der Waals surface area contributed by atoms with Crippen LogP contribution in [0.4, 0.5) is 0 Å². The SMILES string of the molecule is O=c1c2ccccc2n(CC(O)CN2CCCCC2)c2c(Cl)cccc12. The highest BCUT2D eigenvalue weighted by atomic mass is 35.5. The van der Waals surface area contributed by atoms with Crippen LogP contribution in [0.3, 0.4) is 0 Å². The Morgan fingerprint density at radius 2 is 1.69 bits per heavy atom. The van der Waals surface area contributed by atoms with Gasteiger partial charge < -0.3 is 14.6 Å². The van der Waals surface area contributed by atoms with Crippen molar-refractivity contribution in [1.29, 1.82) is 0 Å². The summed E-state index contributed by atoms with van der Waals surface area (Å²) in [7, 11) is 0. The Bertz CT molecular complexity index is 992. The molecule has 3 aromatic rings. The number of pyridine rings is 1. The van der Waals surface area contributed by atoms with Gasteiger partial charge in [-0.1, -0.05) is 36.2 Å². The van der Waals surface area contributed by atoms with Gasteiger partial charge in [0.25, 0.3) is 0 Å². The van der Waals surface area contributed by atoms with Crippen LogP contribution in [-0.2, 0) is 6.54 Å². The van der Waals surface area contributed by atoms with Gasteiger partial charge >= 0.3 is 0 Å². The van der Waals surface area contributed by atoms with E-state index in [1.165, 1.54) is 19.3 Å². The number of rotatable bonds is 4. The average molecular weight is 371 g/mol. The van der Waals surface area contributed by atoms with Gasteiger partial charge in [-0.25, -0.2) is 0 Å². The zero-order chi connectivity index (χ0) is 18.1. The molecule has 2 heterocycles. The monoisotopic (exact) mass is 370 g/mol. The average Bonchev–Trinajstić information content (AvgIpc) is 2.66. The first-order valence-electron chi connectivity index (χ1n) is 9.25. The predicted octanol–water partition coefficient (Wildman–Crippen LogP) is 3.65. The van der Waals surface area contributed by atoms with E-state index in [1.54, 1.807) is 12.1 Å². The number of hydrogen-bond donors (Lipinski definition) is 1. The standard InChI is InChI=1S/C21H23ClN2O2/c22-18-9-6-8-17-20(18)24(19-10-3-2-7-16(19)21(17)26)14-15(25)13-23-11-4-1-5-12-23/h2-3,6-10,15,25H,1,4-5,11-14H2. The molecule has 136 valence electrons. The highest BCUT2D eigenvalue weighted by molar-refractivity contribution is 6.35. The topological polar surface area (TPSA) is 45.5 Å². The first kappa shape index (κ1) is 17.5. The third kappa shape index (κ3) is 3.25. The minimum Gasteiger partial charge on any atom is -0.390 e. The first-order valence-corrected chi connectivity index (χ1v) is 9.63. The number of fused-ring (bicyclic) bond motifs is 2. The van der Waals surface area contributed by atoms with Crippen molar-refractivity contribution in [2.24, 2.45) is 0 Å². The number of aliphatic hydroxyl groups is 1. The van der Waals surface area contributed by atoms with Gasteiger partial charge in [0.2, 0.25) is 0 Å². The van der Waals surface area contributed by atoms with Crippen molar-refractivity contribution in [1.82, 2.24) is 9.47 Å². The van der Waals surface area contributed by atoms with Crippen molar-refractivity contribution in [3.63, 3.8) is 0 Å². The Hall–Kier alpha value is -1.88. The molecule has 0 saturated carbocycles. The summed E-state index contributed by atoms with van der Waals surface area (Å²) >= 11 is 6.46. The molecule has 26 heavy (non-hydrogen) atoms. The summed E-state index contributed by atoms with van der Waals surface area (Å²) in [5.41, 5.74) is 1.51. The highest BCUT2D eigenvalue weighted by Crippen LogP contribution is 2.26. The van der Waals surface area contributed by atoms with Gasteiger partial charge in [0.05, 0.1) is 28.7 Å². The molecule has 1 atom stereocenters. The molecule has 0 amide bonds. The number of β-amino-alcohol motifs (C(OH)–C–C–N with tert-alkyl or cyclic N) is 1. The van der Waals surface area contributed by atoms with Crippen LogP contribution in [0.5, 0.6) is 0 Å². The Kier molecular flexibility index (Phi) is 4.98. The van der Waals surface area contributed by atoms with Gasteiger partial charge in [0.1, 0.15) is 0 Å². The highest BCUT2D eigenvalue weighted by Gasteiger charge is 2.18. The van der Waals surface area contributed by atoms with Crippen molar-refractivity contribution in [3.8, 4) is 0 Å². The molecular weight excluding hydrogens is 348 g/mol. The summed E-state index contributed by atoms with van der Waals surface area (Å²) in [5, 5.41) is 12.5. The Morgan fingerprint density at radius 1 is 0.962 bits per heavy atom. The van der Waals surface area contributed by atoms with E-state index in [4.69, 9.17) is 11.6 Å². The minimum atomic E-state index is -0.515. The fraction of sp³-hybridized carbons (Fsp3) is 0.381. The molecule has 1 N–H and O–H groups in total. The van der Waals surface area contributed by atoms with E-state index in [0.29, 0.717) is 34.4 Å². The molecule has 0 aliphatic carbocycles. The maximum atomic E-state index is 12.9. The fourth-order valence-corrected chi connectivity index (χ4v) is 4.31. The summed E-state index contributed by atoms with van der Waals surface area (Å²) in [6.45, 7) is 3.15. The van der Waals surface area contributed by atoms with Crippen LogP contribution in [0.25, 0.3) is 21.8 Å². The third-order valence-corrected chi connectivity index (χ3v) is 5.56. The van der Waals surface area contributed by atoms with E-state index in [2.05, 4.69) is 4.90 Å². The Labute approximate surface area is 157 Å². The van der Waals surface area contributed by atoms with E-state index < -0.39 is 6.10 Å². The zero-order valence-corrected chi connectivity index (χ0v) is 15.5. The second-order valence-electron chi connectivity index (χ2n) is 7.11. The smallest absolute Gasteiger partial charge is 0.197 e. The van der Waals surface area contributed by atoms with Crippen LogP contribution in [0.1, 0.15) is 19.3 Å².